The first-order valence-corrected chi connectivity index (χ1v) is 39.8. The minimum absolute atomic E-state index is 0.107. The smallest absolute Gasteiger partial charge is 0.462 e. The molecule has 0 saturated carbocycles. The quantitative estimate of drug-likeness (QED) is 0.0222. The van der Waals surface area contributed by atoms with Crippen LogP contribution in [0.15, 0.2) is 0 Å². The molecule has 0 aromatic carbocycles. The van der Waals surface area contributed by atoms with E-state index in [0.717, 1.165) is 89.9 Å². The van der Waals surface area contributed by atoms with Gasteiger partial charge in [-0.25, -0.2) is 9.13 Å². The van der Waals surface area contributed by atoms with Crippen molar-refractivity contribution in [3.63, 3.8) is 0 Å². The van der Waals surface area contributed by atoms with Gasteiger partial charge in [-0.3, -0.25) is 37.3 Å². The minimum atomic E-state index is -4.95. The lowest BCUT2D eigenvalue weighted by Crippen LogP contribution is -2.30. The lowest BCUT2D eigenvalue weighted by molar-refractivity contribution is -0.161. The standard InChI is InChI=1S/C70H136O17P2/c1-5-9-13-17-21-25-28-29-30-31-32-33-34-35-37-41-45-49-53-57-70(75)87-66(61-81-68(73)55-51-47-43-40-36-26-22-18-14-10-6-2)63-85-89(78,79)83-59-64(71)58-82-88(76,77)84-62-65(60-80-67(72)54-50-46-42-38-24-20-16-12-8-4)86-69(74)56-52-48-44-39-27-23-19-15-11-7-3/h64-66,71H,5-63H2,1-4H3,(H,76,77)(H,78,79)/t64-,65+,66+/m0/s1. The van der Waals surface area contributed by atoms with E-state index in [1.54, 1.807) is 0 Å². The number of phosphoric acid groups is 2. The van der Waals surface area contributed by atoms with Crippen LogP contribution in [0, 0.1) is 0 Å². The number of carbonyl (C=O) groups is 4. The summed E-state index contributed by atoms with van der Waals surface area (Å²) >= 11 is 0. The Morgan fingerprint density at radius 1 is 0.270 bits per heavy atom. The van der Waals surface area contributed by atoms with E-state index in [2.05, 4.69) is 27.7 Å². The Morgan fingerprint density at radius 2 is 0.449 bits per heavy atom. The highest BCUT2D eigenvalue weighted by Crippen LogP contribution is 2.45. The monoisotopic (exact) mass is 1310 g/mol. The number of rotatable bonds is 71. The van der Waals surface area contributed by atoms with Crippen LogP contribution in [0.1, 0.15) is 368 Å². The Labute approximate surface area is 543 Å². The summed E-state index contributed by atoms with van der Waals surface area (Å²) in [6, 6.07) is 0. The zero-order chi connectivity index (χ0) is 65.4. The van der Waals surface area contributed by atoms with Crippen molar-refractivity contribution < 1.29 is 80.2 Å². The average Bonchev–Trinajstić information content (AvgIpc) is 3.71. The van der Waals surface area contributed by atoms with Gasteiger partial charge in [0.05, 0.1) is 26.4 Å². The summed E-state index contributed by atoms with van der Waals surface area (Å²) < 4.78 is 68.2. The molecule has 0 spiro atoms. The highest BCUT2D eigenvalue weighted by atomic mass is 31.2. The van der Waals surface area contributed by atoms with Gasteiger partial charge in [-0.2, -0.15) is 0 Å². The summed E-state index contributed by atoms with van der Waals surface area (Å²) in [5.74, 6) is -2.12. The molecule has 19 heteroatoms. The third-order valence-electron chi connectivity index (χ3n) is 16.4. The Balaban J connectivity index is 5.17. The molecule has 0 aromatic rings. The van der Waals surface area contributed by atoms with Crippen molar-refractivity contribution >= 4 is 39.5 Å². The van der Waals surface area contributed by atoms with Crippen molar-refractivity contribution in [3.8, 4) is 0 Å². The molecule has 528 valence electrons. The molecule has 0 aliphatic rings. The Bertz CT molecular complexity index is 1710. The van der Waals surface area contributed by atoms with E-state index in [9.17, 15) is 43.2 Å². The molecule has 0 heterocycles. The molecule has 5 atom stereocenters. The number of unbranched alkanes of at least 4 members (excludes halogenated alkanes) is 45. The molecule has 2 unspecified atom stereocenters. The summed E-state index contributed by atoms with van der Waals surface area (Å²) in [5.41, 5.74) is 0. The molecule has 0 rings (SSSR count). The minimum Gasteiger partial charge on any atom is -0.462 e. The van der Waals surface area contributed by atoms with Gasteiger partial charge in [0.25, 0.3) is 0 Å². The fraction of sp³-hybridized carbons (Fsp3) is 0.943. The van der Waals surface area contributed by atoms with Crippen LogP contribution in [0.25, 0.3) is 0 Å². The van der Waals surface area contributed by atoms with Gasteiger partial charge in [0.15, 0.2) is 12.2 Å². The number of carbonyl (C=O) groups excluding carboxylic acids is 4. The Hall–Kier alpha value is -1.94. The maximum absolute atomic E-state index is 13.0. The van der Waals surface area contributed by atoms with E-state index in [4.69, 9.17) is 37.0 Å². The zero-order valence-corrected chi connectivity index (χ0v) is 59.2. The lowest BCUT2D eigenvalue weighted by atomic mass is 10.0. The Morgan fingerprint density at radius 3 is 0.663 bits per heavy atom. The van der Waals surface area contributed by atoms with Crippen LogP contribution in [0.2, 0.25) is 0 Å². The maximum atomic E-state index is 13.0. The van der Waals surface area contributed by atoms with E-state index < -0.39 is 97.5 Å². The van der Waals surface area contributed by atoms with Crippen LogP contribution in [-0.4, -0.2) is 96.7 Å². The summed E-state index contributed by atoms with van der Waals surface area (Å²) in [6.07, 6.45) is 52.7. The van der Waals surface area contributed by atoms with Crippen molar-refractivity contribution in [2.45, 2.75) is 386 Å². The summed E-state index contributed by atoms with van der Waals surface area (Å²) in [7, 11) is -9.89. The fourth-order valence-corrected chi connectivity index (χ4v) is 12.3. The molecule has 0 amide bonds. The average molecular weight is 1310 g/mol. The number of aliphatic hydroxyl groups excluding tert-OH is 1. The number of hydrogen-bond acceptors (Lipinski definition) is 15. The molecule has 3 N–H and O–H groups in total. The van der Waals surface area contributed by atoms with Crippen molar-refractivity contribution in [2.24, 2.45) is 0 Å². The third-order valence-corrected chi connectivity index (χ3v) is 18.3. The summed E-state index contributed by atoms with van der Waals surface area (Å²) in [5, 5.41) is 10.6. The number of hydrogen-bond donors (Lipinski definition) is 3. The van der Waals surface area contributed by atoms with Gasteiger partial charge in [-0.05, 0) is 25.7 Å². The second kappa shape index (κ2) is 64.8. The highest BCUT2D eigenvalue weighted by molar-refractivity contribution is 7.47. The van der Waals surface area contributed by atoms with Gasteiger partial charge in [0, 0.05) is 25.7 Å². The molecule has 17 nitrogen and oxygen atoms in total. The van der Waals surface area contributed by atoms with Crippen molar-refractivity contribution in [2.75, 3.05) is 39.6 Å². The number of aliphatic hydroxyl groups is 1. The van der Waals surface area contributed by atoms with Crippen molar-refractivity contribution in [1.29, 1.82) is 0 Å². The van der Waals surface area contributed by atoms with Crippen molar-refractivity contribution in [3.05, 3.63) is 0 Å². The van der Waals surface area contributed by atoms with E-state index >= 15 is 0 Å². The van der Waals surface area contributed by atoms with Crippen LogP contribution in [0.5, 0.6) is 0 Å². The maximum Gasteiger partial charge on any atom is 0.472 e. The third kappa shape index (κ3) is 64.6. The molecular formula is C70H136O17P2. The SMILES string of the molecule is CCCCCCCCCCCCCCCCCCCCCC(=O)O[C@H](COC(=O)CCCCCCCCCCCCC)COP(=O)(O)OC[C@@H](O)COP(=O)(O)OC[C@@H](COC(=O)CCCCCCCCCCC)OC(=O)CCCCCCCCCCCC. The van der Waals surface area contributed by atoms with Gasteiger partial charge in [-0.15, -0.1) is 0 Å². The topological polar surface area (TPSA) is 237 Å². The first-order valence-electron chi connectivity index (χ1n) is 36.8. The summed E-state index contributed by atoms with van der Waals surface area (Å²) in [4.78, 5) is 72.4. The predicted molar refractivity (Wildman–Crippen MR) is 359 cm³/mol. The second-order valence-electron chi connectivity index (χ2n) is 25.3. The van der Waals surface area contributed by atoms with Gasteiger partial charge in [-0.1, -0.05) is 317 Å². The van der Waals surface area contributed by atoms with Gasteiger partial charge >= 0.3 is 39.5 Å². The number of phosphoric ester groups is 2. The highest BCUT2D eigenvalue weighted by Gasteiger charge is 2.30. The molecule has 0 aliphatic carbocycles. The largest absolute Gasteiger partial charge is 0.472 e. The van der Waals surface area contributed by atoms with Crippen LogP contribution >= 0.6 is 15.6 Å². The van der Waals surface area contributed by atoms with Gasteiger partial charge in [0.1, 0.15) is 19.3 Å². The van der Waals surface area contributed by atoms with E-state index in [0.29, 0.717) is 25.7 Å². The van der Waals surface area contributed by atoms with Crippen LogP contribution in [0.3, 0.4) is 0 Å². The molecular weight excluding hydrogens is 1170 g/mol. The summed E-state index contributed by atoms with van der Waals surface area (Å²) in [6.45, 7) is 4.92. The Kier molecular flexibility index (Phi) is 63.3. The van der Waals surface area contributed by atoms with Crippen LogP contribution in [-0.2, 0) is 65.4 Å². The molecule has 89 heavy (non-hydrogen) atoms. The van der Waals surface area contributed by atoms with E-state index in [1.807, 2.05) is 0 Å². The zero-order valence-electron chi connectivity index (χ0n) is 57.4. The number of esters is 4. The molecule has 0 aromatic heterocycles. The first-order chi connectivity index (χ1) is 43.2. The van der Waals surface area contributed by atoms with Gasteiger partial charge < -0.3 is 33.8 Å². The second-order valence-corrected chi connectivity index (χ2v) is 28.2. The lowest BCUT2D eigenvalue weighted by Gasteiger charge is -2.21. The molecule has 0 aliphatic heterocycles. The number of ether oxygens (including phenoxy) is 4. The normalized spacial score (nSPS) is 14.0. The predicted octanol–water partition coefficient (Wildman–Crippen LogP) is 20.3. The fourth-order valence-electron chi connectivity index (χ4n) is 10.7. The first kappa shape index (κ1) is 87.1. The van der Waals surface area contributed by atoms with Crippen LogP contribution in [0.4, 0.5) is 0 Å². The van der Waals surface area contributed by atoms with Crippen LogP contribution < -0.4 is 0 Å². The molecule has 0 radical (unpaired) electrons. The molecule has 0 bridgehead atoms. The van der Waals surface area contributed by atoms with Crippen molar-refractivity contribution in [1.82, 2.24) is 0 Å². The van der Waals surface area contributed by atoms with E-state index in [1.165, 1.54) is 199 Å². The molecule has 0 fully saturated rings. The van der Waals surface area contributed by atoms with E-state index in [-0.39, 0.29) is 25.7 Å². The molecule has 0 saturated heterocycles. The van der Waals surface area contributed by atoms with Gasteiger partial charge in [0.2, 0.25) is 0 Å².